The number of hydrogen-bond donors (Lipinski definition) is 0. The average Bonchev–Trinajstić information content (AvgIpc) is 2.61. The molecule has 0 heterocycles. The van der Waals surface area contributed by atoms with Gasteiger partial charge < -0.3 is 9.64 Å². The molecule has 0 radical (unpaired) electrons. The van der Waals surface area contributed by atoms with Crippen LogP contribution < -0.4 is 0 Å². The summed E-state index contributed by atoms with van der Waals surface area (Å²) in [6, 6.07) is 15.2. The molecule has 0 atom stereocenters. The number of benzene rings is 2. The van der Waals surface area contributed by atoms with Crippen molar-refractivity contribution in [2.45, 2.75) is 26.3 Å². The molecule has 2 aromatic rings. The highest BCUT2D eigenvalue weighted by Gasteiger charge is 2.16. The van der Waals surface area contributed by atoms with Gasteiger partial charge in [-0.25, -0.2) is 0 Å². The van der Waals surface area contributed by atoms with E-state index in [4.69, 9.17) is 11.6 Å². The van der Waals surface area contributed by atoms with Crippen molar-refractivity contribution in [3.63, 3.8) is 0 Å². The van der Waals surface area contributed by atoms with E-state index in [2.05, 4.69) is 4.74 Å². The second-order valence-corrected chi connectivity index (χ2v) is 6.37. The van der Waals surface area contributed by atoms with Gasteiger partial charge >= 0.3 is 5.97 Å². The largest absolute Gasteiger partial charge is 0.469 e. The molecule has 0 aliphatic heterocycles. The lowest BCUT2D eigenvalue weighted by Crippen LogP contribution is -2.34. The van der Waals surface area contributed by atoms with Crippen molar-refractivity contribution in [2.75, 3.05) is 13.7 Å². The first-order chi connectivity index (χ1) is 12.0. The first-order valence-electron chi connectivity index (χ1n) is 8.12. The van der Waals surface area contributed by atoms with Crippen molar-refractivity contribution in [1.29, 1.82) is 0 Å². The summed E-state index contributed by atoms with van der Waals surface area (Å²) in [5.41, 5.74) is 3.08. The molecule has 0 saturated carbocycles. The Bertz CT molecular complexity index is 711. The summed E-state index contributed by atoms with van der Waals surface area (Å²) in [6.07, 6.45) is 0.443. The second-order valence-electron chi connectivity index (χ2n) is 5.93. The van der Waals surface area contributed by atoms with Gasteiger partial charge in [0.1, 0.15) is 0 Å². The maximum atomic E-state index is 12.7. The molecule has 2 rings (SSSR count). The third kappa shape index (κ3) is 6.24. The molecule has 0 bridgehead atoms. The molecule has 0 fully saturated rings. The van der Waals surface area contributed by atoms with Gasteiger partial charge in [-0.3, -0.25) is 9.59 Å². The van der Waals surface area contributed by atoms with E-state index in [-0.39, 0.29) is 24.7 Å². The van der Waals surface area contributed by atoms with Crippen LogP contribution in [0.4, 0.5) is 0 Å². The van der Waals surface area contributed by atoms with Gasteiger partial charge in [-0.2, -0.15) is 0 Å². The number of methoxy groups -OCH3 is 1. The number of nitrogens with zero attached hydrogens (tertiary/aromatic N) is 1. The first-order valence-corrected chi connectivity index (χ1v) is 8.50. The number of esters is 1. The Morgan fingerprint density at radius 2 is 1.60 bits per heavy atom. The molecule has 0 aliphatic carbocycles. The molecular weight excluding hydrogens is 338 g/mol. The summed E-state index contributed by atoms with van der Waals surface area (Å²) in [4.78, 5) is 25.9. The zero-order chi connectivity index (χ0) is 18.2. The molecule has 0 unspecified atom stereocenters. The predicted molar refractivity (Wildman–Crippen MR) is 98.4 cm³/mol. The summed E-state index contributed by atoms with van der Waals surface area (Å²) in [5.74, 6) is -0.361. The van der Waals surface area contributed by atoms with E-state index in [0.29, 0.717) is 18.1 Å². The van der Waals surface area contributed by atoms with Gasteiger partial charge in [0.25, 0.3) is 0 Å². The molecule has 5 heteroatoms. The Morgan fingerprint density at radius 1 is 1.00 bits per heavy atom. The van der Waals surface area contributed by atoms with Crippen LogP contribution in [-0.2, 0) is 27.3 Å². The minimum absolute atomic E-state index is 0.0354. The highest BCUT2D eigenvalue weighted by molar-refractivity contribution is 6.30. The lowest BCUT2D eigenvalue weighted by Gasteiger charge is -2.23. The minimum Gasteiger partial charge on any atom is -0.469 e. The monoisotopic (exact) mass is 359 g/mol. The Morgan fingerprint density at radius 3 is 2.20 bits per heavy atom. The third-order valence-electron chi connectivity index (χ3n) is 3.93. The number of amides is 1. The number of halogens is 1. The van der Waals surface area contributed by atoms with Gasteiger partial charge in [-0.05, 0) is 30.2 Å². The molecule has 0 aromatic heterocycles. The molecule has 0 N–H and O–H groups in total. The smallest absolute Gasteiger partial charge is 0.307 e. The number of rotatable bonds is 7. The summed E-state index contributed by atoms with van der Waals surface area (Å²) in [6.45, 7) is 2.81. The minimum atomic E-state index is -0.326. The van der Waals surface area contributed by atoms with Crippen LogP contribution in [0.5, 0.6) is 0 Å². The second kappa shape index (κ2) is 9.23. The van der Waals surface area contributed by atoms with E-state index in [0.717, 1.165) is 16.7 Å². The Kier molecular flexibility index (Phi) is 7.02. The van der Waals surface area contributed by atoms with E-state index in [1.807, 2.05) is 43.3 Å². The number of hydrogen-bond acceptors (Lipinski definition) is 3. The Hall–Kier alpha value is -2.33. The maximum Gasteiger partial charge on any atom is 0.307 e. The number of carbonyl (C=O) groups is 2. The molecule has 0 saturated heterocycles. The van der Waals surface area contributed by atoms with E-state index in [1.54, 1.807) is 17.0 Å². The van der Waals surface area contributed by atoms with Gasteiger partial charge in [0.2, 0.25) is 5.91 Å². The molecule has 132 valence electrons. The van der Waals surface area contributed by atoms with Crippen LogP contribution in [0.1, 0.15) is 23.1 Å². The van der Waals surface area contributed by atoms with Gasteiger partial charge in [-0.15, -0.1) is 0 Å². The van der Waals surface area contributed by atoms with Crippen LogP contribution in [0.15, 0.2) is 48.5 Å². The van der Waals surface area contributed by atoms with Crippen LogP contribution >= 0.6 is 11.6 Å². The molecule has 0 aliphatic rings. The number of aryl methyl sites for hydroxylation is 1. The highest BCUT2D eigenvalue weighted by atomic mass is 35.5. The van der Waals surface area contributed by atoms with E-state index in [1.165, 1.54) is 7.11 Å². The fourth-order valence-corrected chi connectivity index (χ4v) is 2.55. The Labute approximate surface area is 153 Å². The number of ether oxygens (including phenoxy) is 1. The van der Waals surface area contributed by atoms with Crippen molar-refractivity contribution in [2.24, 2.45) is 0 Å². The summed E-state index contributed by atoms with van der Waals surface area (Å²) in [5, 5.41) is 0.637. The Balaban J connectivity index is 2.08. The lowest BCUT2D eigenvalue weighted by atomic mass is 10.1. The van der Waals surface area contributed by atoms with Crippen LogP contribution in [0.3, 0.4) is 0 Å². The fraction of sp³-hybridized carbons (Fsp3) is 0.300. The van der Waals surface area contributed by atoms with Crippen LogP contribution in [-0.4, -0.2) is 30.4 Å². The van der Waals surface area contributed by atoms with Crippen molar-refractivity contribution in [3.8, 4) is 0 Å². The quantitative estimate of drug-likeness (QED) is 0.707. The van der Waals surface area contributed by atoms with Crippen molar-refractivity contribution in [3.05, 3.63) is 70.2 Å². The molecular formula is C20H22ClNO3. The number of carbonyl (C=O) groups excluding carboxylic acids is 2. The third-order valence-corrected chi connectivity index (χ3v) is 4.18. The van der Waals surface area contributed by atoms with Crippen LogP contribution in [0, 0.1) is 6.92 Å². The van der Waals surface area contributed by atoms with E-state index in [9.17, 15) is 9.59 Å². The first kappa shape index (κ1) is 19.0. The van der Waals surface area contributed by atoms with Crippen LogP contribution in [0.25, 0.3) is 0 Å². The van der Waals surface area contributed by atoms with Crippen molar-refractivity contribution >= 4 is 23.5 Å². The molecule has 25 heavy (non-hydrogen) atoms. The van der Waals surface area contributed by atoms with Crippen molar-refractivity contribution < 1.29 is 14.3 Å². The van der Waals surface area contributed by atoms with Gasteiger partial charge in [0.05, 0.1) is 20.0 Å². The van der Waals surface area contributed by atoms with E-state index < -0.39 is 0 Å². The molecule has 4 nitrogen and oxygen atoms in total. The van der Waals surface area contributed by atoms with Gasteiger partial charge in [-0.1, -0.05) is 53.6 Å². The summed E-state index contributed by atoms with van der Waals surface area (Å²) < 4.78 is 4.69. The average molecular weight is 360 g/mol. The van der Waals surface area contributed by atoms with Crippen LogP contribution in [0.2, 0.25) is 5.02 Å². The molecule has 1 amide bonds. The van der Waals surface area contributed by atoms with Gasteiger partial charge in [0, 0.05) is 18.1 Å². The lowest BCUT2D eigenvalue weighted by molar-refractivity contribution is -0.141. The molecule has 2 aromatic carbocycles. The fourth-order valence-electron chi connectivity index (χ4n) is 2.42. The topological polar surface area (TPSA) is 46.6 Å². The summed E-state index contributed by atoms with van der Waals surface area (Å²) >= 11 is 5.88. The van der Waals surface area contributed by atoms with Crippen molar-refractivity contribution in [1.82, 2.24) is 4.90 Å². The predicted octanol–water partition coefficient (Wildman–Crippen LogP) is 3.78. The molecule has 0 spiro atoms. The SMILES string of the molecule is COC(=O)CCN(Cc1ccc(C)cc1)C(=O)Cc1ccc(Cl)cc1. The maximum absolute atomic E-state index is 12.7. The summed E-state index contributed by atoms with van der Waals surface area (Å²) in [7, 11) is 1.35. The zero-order valence-electron chi connectivity index (χ0n) is 14.5. The normalized spacial score (nSPS) is 10.4. The highest BCUT2D eigenvalue weighted by Crippen LogP contribution is 2.13. The standard InChI is InChI=1S/C20H22ClNO3/c1-15-3-5-17(6-4-15)14-22(12-11-20(24)25-2)19(23)13-16-7-9-18(21)10-8-16/h3-10H,11-14H2,1-2H3. The zero-order valence-corrected chi connectivity index (χ0v) is 15.3. The van der Waals surface area contributed by atoms with Gasteiger partial charge in [0.15, 0.2) is 0 Å². The van der Waals surface area contributed by atoms with E-state index >= 15 is 0 Å².